The second kappa shape index (κ2) is 8.52. The third-order valence-corrected chi connectivity index (χ3v) is 2.97. The van der Waals surface area contributed by atoms with Gasteiger partial charge in [-0.2, -0.15) is 0 Å². The van der Waals surface area contributed by atoms with Crippen LogP contribution in [0.1, 0.15) is 39.7 Å². The van der Waals surface area contributed by atoms with E-state index >= 15 is 0 Å². The van der Waals surface area contributed by atoms with Crippen LogP contribution in [0.15, 0.2) is 18.2 Å². The number of benzene rings is 1. The van der Waals surface area contributed by atoms with E-state index in [9.17, 15) is 9.90 Å². The first-order chi connectivity index (χ1) is 9.99. The second-order valence-electron chi connectivity index (χ2n) is 5.07. The molecule has 118 valence electrons. The number of rotatable bonds is 9. The Kier molecular flexibility index (Phi) is 7.02. The fraction of sp³-hybridized carbons (Fsp3) is 0.562. The molecule has 0 saturated heterocycles. The van der Waals surface area contributed by atoms with Crippen molar-refractivity contribution in [2.24, 2.45) is 0 Å². The van der Waals surface area contributed by atoms with E-state index in [1.165, 1.54) is 0 Å². The average molecular weight is 295 g/mol. The summed E-state index contributed by atoms with van der Waals surface area (Å²) in [6, 6.07) is 5.93. The molecule has 0 amide bonds. The lowest BCUT2D eigenvalue weighted by Crippen LogP contribution is -2.28. The number of ether oxygens (including phenoxy) is 2. The lowest BCUT2D eigenvalue weighted by molar-refractivity contribution is -0.145. The van der Waals surface area contributed by atoms with E-state index in [-0.39, 0.29) is 0 Å². The smallest absolute Gasteiger partial charge is 0.344 e. The Morgan fingerprint density at radius 3 is 2.57 bits per heavy atom. The maximum absolute atomic E-state index is 11.2. The zero-order chi connectivity index (χ0) is 15.8. The fourth-order valence-electron chi connectivity index (χ4n) is 1.87. The number of hydrogen-bond acceptors (Lipinski definition) is 4. The summed E-state index contributed by atoms with van der Waals surface area (Å²) in [7, 11) is 0. The zero-order valence-electron chi connectivity index (χ0n) is 13.2. The van der Waals surface area contributed by atoms with Crippen molar-refractivity contribution in [3.05, 3.63) is 23.8 Å². The summed E-state index contributed by atoms with van der Waals surface area (Å²) in [4.78, 5) is 11.2. The molecule has 5 nitrogen and oxygen atoms in total. The Labute approximate surface area is 126 Å². The molecule has 1 rings (SSSR count). The van der Waals surface area contributed by atoms with Crippen molar-refractivity contribution < 1.29 is 19.4 Å². The highest BCUT2D eigenvalue weighted by molar-refractivity contribution is 5.73. The Morgan fingerprint density at radius 1 is 1.33 bits per heavy atom. The van der Waals surface area contributed by atoms with Gasteiger partial charge in [-0.05, 0) is 19.4 Å². The molecular weight excluding hydrogens is 270 g/mol. The SMILES string of the molecule is CCOc1cccc(CNC(C)C)c1OC(CC)C(=O)O. The molecular formula is C16H25NO4. The molecule has 1 unspecified atom stereocenters. The van der Waals surface area contributed by atoms with E-state index < -0.39 is 12.1 Å². The Morgan fingerprint density at radius 2 is 2.05 bits per heavy atom. The highest BCUT2D eigenvalue weighted by Crippen LogP contribution is 2.32. The van der Waals surface area contributed by atoms with Crippen LogP contribution in [0.4, 0.5) is 0 Å². The molecule has 1 aromatic rings. The van der Waals surface area contributed by atoms with Crippen molar-refractivity contribution in [2.45, 2.75) is 52.8 Å². The Bertz CT molecular complexity index is 460. The number of carboxylic acid groups (broad SMARTS) is 1. The van der Waals surface area contributed by atoms with Crippen LogP contribution in [0.25, 0.3) is 0 Å². The van der Waals surface area contributed by atoms with Crippen LogP contribution in [0.2, 0.25) is 0 Å². The maximum Gasteiger partial charge on any atom is 0.344 e. The van der Waals surface area contributed by atoms with Gasteiger partial charge in [0.25, 0.3) is 0 Å². The van der Waals surface area contributed by atoms with E-state index in [1.807, 2.05) is 19.1 Å². The van der Waals surface area contributed by atoms with Crippen LogP contribution in [0, 0.1) is 0 Å². The van der Waals surface area contributed by atoms with Gasteiger partial charge in [0.2, 0.25) is 0 Å². The number of carboxylic acids is 1. The molecule has 2 N–H and O–H groups in total. The summed E-state index contributed by atoms with van der Waals surface area (Å²) in [5.41, 5.74) is 0.898. The minimum absolute atomic E-state index is 0.329. The van der Waals surface area contributed by atoms with Crippen molar-refractivity contribution in [3.8, 4) is 11.5 Å². The molecule has 0 heterocycles. The van der Waals surface area contributed by atoms with Gasteiger partial charge in [0.15, 0.2) is 17.6 Å². The first kappa shape index (κ1) is 17.3. The molecule has 0 aromatic heterocycles. The molecule has 21 heavy (non-hydrogen) atoms. The number of carbonyl (C=O) groups is 1. The number of para-hydroxylation sites is 1. The third kappa shape index (κ3) is 5.27. The van der Waals surface area contributed by atoms with Gasteiger partial charge in [0.1, 0.15) is 0 Å². The van der Waals surface area contributed by atoms with Crippen LogP contribution in [0.3, 0.4) is 0 Å². The summed E-state index contributed by atoms with van der Waals surface area (Å²) in [6.45, 7) is 8.88. The molecule has 0 aliphatic rings. The van der Waals surface area contributed by atoms with Crippen LogP contribution >= 0.6 is 0 Å². The van der Waals surface area contributed by atoms with Gasteiger partial charge < -0.3 is 19.9 Å². The van der Waals surface area contributed by atoms with Gasteiger partial charge >= 0.3 is 5.97 Å². The van der Waals surface area contributed by atoms with Crippen molar-refractivity contribution in [2.75, 3.05) is 6.61 Å². The van der Waals surface area contributed by atoms with Gasteiger partial charge in [-0.15, -0.1) is 0 Å². The second-order valence-corrected chi connectivity index (χ2v) is 5.07. The molecule has 0 radical (unpaired) electrons. The van der Waals surface area contributed by atoms with E-state index in [4.69, 9.17) is 9.47 Å². The summed E-state index contributed by atoms with van der Waals surface area (Å²) in [6.07, 6.45) is -0.475. The first-order valence-corrected chi connectivity index (χ1v) is 7.37. The molecule has 0 spiro atoms. The molecule has 1 aromatic carbocycles. The number of aliphatic carboxylic acids is 1. The molecule has 0 aliphatic heterocycles. The highest BCUT2D eigenvalue weighted by Gasteiger charge is 2.21. The van der Waals surface area contributed by atoms with Crippen molar-refractivity contribution in [1.82, 2.24) is 5.32 Å². The summed E-state index contributed by atoms with van der Waals surface area (Å²) < 4.78 is 11.3. The van der Waals surface area contributed by atoms with Crippen LogP contribution in [-0.4, -0.2) is 29.8 Å². The fourth-order valence-corrected chi connectivity index (χ4v) is 1.87. The lowest BCUT2D eigenvalue weighted by atomic mass is 10.1. The minimum Gasteiger partial charge on any atom is -0.490 e. The predicted octanol–water partition coefficient (Wildman–Crippen LogP) is 2.83. The first-order valence-electron chi connectivity index (χ1n) is 7.37. The molecule has 0 bridgehead atoms. The van der Waals surface area contributed by atoms with Crippen molar-refractivity contribution in [1.29, 1.82) is 0 Å². The molecule has 0 saturated carbocycles. The monoisotopic (exact) mass is 295 g/mol. The number of nitrogens with one attached hydrogen (secondary N) is 1. The van der Waals surface area contributed by atoms with Gasteiger partial charge in [0, 0.05) is 18.2 Å². The largest absolute Gasteiger partial charge is 0.490 e. The lowest BCUT2D eigenvalue weighted by Gasteiger charge is -2.20. The minimum atomic E-state index is -0.966. The molecule has 1 atom stereocenters. The van der Waals surface area contributed by atoms with Gasteiger partial charge in [0.05, 0.1) is 6.61 Å². The third-order valence-electron chi connectivity index (χ3n) is 2.97. The summed E-state index contributed by atoms with van der Waals surface area (Å²) in [5, 5.41) is 12.5. The Hall–Kier alpha value is -1.75. The maximum atomic E-state index is 11.2. The van der Waals surface area contributed by atoms with Gasteiger partial charge in [-0.3, -0.25) is 0 Å². The van der Waals surface area contributed by atoms with Gasteiger partial charge in [-0.25, -0.2) is 4.79 Å². The van der Waals surface area contributed by atoms with Gasteiger partial charge in [-0.1, -0.05) is 32.9 Å². The van der Waals surface area contributed by atoms with Crippen LogP contribution < -0.4 is 14.8 Å². The van der Waals surface area contributed by atoms with Crippen LogP contribution in [0.5, 0.6) is 11.5 Å². The summed E-state index contributed by atoms with van der Waals surface area (Å²) >= 11 is 0. The van der Waals surface area contributed by atoms with E-state index in [1.54, 1.807) is 13.0 Å². The van der Waals surface area contributed by atoms with E-state index in [2.05, 4.69) is 19.2 Å². The number of hydrogen-bond donors (Lipinski definition) is 2. The predicted molar refractivity (Wildman–Crippen MR) is 81.9 cm³/mol. The van der Waals surface area contributed by atoms with E-state index in [0.29, 0.717) is 37.1 Å². The summed E-state index contributed by atoms with van der Waals surface area (Å²) in [5.74, 6) is 0.133. The molecule has 0 aliphatic carbocycles. The van der Waals surface area contributed by atoms with Crippen molar-refractivity contribution >= 4 is 5.97 Å². The standard InChI is InChI=1S/C16H25NO4/c1-5-13(16(18)19)21-15-12(10-17-11(3)4)8-7-9-14(15)20-6-2/h7-9,11,13,17H,5-6,10H2,1-4H3,(H,18,19). The molecule has 5 heteroatoms. The normalized spacial score (nSPS) is 12.2. The van der Waals surface area contributed by atoms with Crippen LogP contribution in [-0.2, 0) is 11.3 Å². The highest BCUT2D eigenvalue weighted by atomic mass is 16.5. The Balaban J connectivity index is 3.06. The molecule has 0 fully saturated rings. The average Bonchev–Trinajstić information content (AvgIpc) is 2.43. The quantitative estimate of drug-likeness (QED) is 0.733. The topological polar surface area (TPSA) is 67.8 Å². The zero-order valence-corrected chi connectivity index (χ0v) is 13.2. The van der Waals surface area contributed by atoms with E-state index in [0.717, 1.165) is 5.56 Å². The van der Waals surface area contributed by atoms with Crippen molar-refractivity contribution in [3.63, 3.8) is 0 Å².